The number of ether oxygens (including phenoxy) is 1. The molecule has 3 heteroatoms. The number of allylic oxidation sites excluding steroid dienone is 2. The molecule has 1 aromatic heterocycles. The van der Waals surface area contributed by atoms with Crippen molar-refractivity contribution in [1.29, 1.82) is 0 Å². The standard InChI is InChI=1S/C30H20BrNO/c31-21-15-20(19-13-14-30-26(17-19)25-9-3-6-12-29(25)33-30)16-22(18-21)32-27-10-4-1-7-23(27)24-8-2-5-11-28(24)32/h1-18,25,29H. The predicted molar refractivity (Wildman–Crippen MR) is 139 cm³/mol. The second kappa shape index (κ2) is 7.23. The first-order valence-electron chi connectivity index (χ1n) is 11.2. The Labute approximate surface area is 200 Å². The molecule has 2 nitrogen and oxygen atoms in total. The van der Waals surface area contributed by atoms with E-state index in [0.717, 1.165) is 15.9 Å². The molecule has 5 aromatic rings. The second-order valence-electron chi connectivity index (χ2n) is 8.70. The van der Waals surface area contributed by atoms with Crippen LogP contribution in [-0.4, -0.2) is 10.7 Å². The van der Waals surface area contributed by atoms with Gasteiger partial charge in [-0.1, -0.05) is 76.6 Å². The van der Waals surface area contributed by atoms with E-state index in [9.17, 15) is 0 Å². The summed E-state index contributed by atoms with van der Waals surface area (Å²) in [6.45, 7) is 0. The summed E-state index contributed by atoms with van der Waals surface area (Å²) in [6.07, 6.45) is 8.68. The van der Waals surface area contributed by atoms with Gasteiger partial charge in [0.15, 0.2) is 0 Å². The summed E-state index contributed by atoms with van der Waals surface area (Å²) in [5.41, 5.74) is 7.22. The quantitative estimate of drug-likeness (QED) is 0.243. The van der Waals surface area contributed by atoms with Gasteiger partial charge in [0, 0.05) is 32.4 Å². The molecular weight excluding hydrogens is 470 g/mol. The number of fused-ring (bicyclic) bond motifs is 6. The van der Waals surface area contributed by atoms with Gasteiger partial charge in [-0.3, -0.25) is 0 Å². The molecule has 7 rings (SSSR count). The van der Waals surface area contributed by atoms with Gasteiger partial charge in [0.05, 0.1) is 11.0 Å². The predicted octanol–water partition coefficient (Wildman–Crippen LogP) is 8.18. The maximum Gasteiger partial charge on any atom is 0.128 e. The van der Waals surface area contributed by atoms with Crippen LogP contribution in [0.2, 0.25) is 0 Å². The van der Waals surface area contributed by atoms with E-state index in [1.54, 1.807) is 0 Å². The number of rotatable bonds is 2. The summed E-state index contributed by atoms with van der Waals surface area (Å²) < 4.78 is 9.58. The number of aromatic nitrogens is 1. The lowest BCUT2D eigenvalue weighted by molar-refractivity contribution is 0.269. The molecule has 0 bridgehead atoms. The monoisotopic (exact) mass is 489 g/mol. The Morgan fingerprint density at radius 1 is 0.697 bits per heavy atom. The maximum atomic E-state index is 6.15. The highest BCUT2D eigenvalue weighted by Crippen LogP contribution is 2.43. The zero-order valence-electron chi connectivity index (χ0n) is 17.8. The molecule has 2 atom stereocenters. The van der Waals surface area contributed by atoms with Gasteiger partial charge >= 0.3 is 0 Å². The minimum atomic E-state index is 0.107. The minimum Gasteiger partial charge on any atom is -0.485 e. The van der Waals surface area contributed by atoms with E-state index >= 15 is 0 Å². The molecule has 0 amide bonds. The number of hydrogen-bond acceptors (Lipinski definition) is 1. The Hall–Kier alpha value is -3.56. The van der Waals surface area contributed by atoms with Gasteiger partial charge in [-0.15, -0.1) is 0 Å². The van der Waals surface area contributed by atoms with Crippen molar-refractivity contribution in [2.24, 2.45) is 0 Å². The summed E-state index contributed by atoms with van der Waals surface area (Å²) in [5, 5.41) is 2.54. The molecule has 2 unspecified atom stereocenters. The molecule has 0 saturated heterocycles. The molecular formula is C30H20BrNO. The van der Waals surface area contributed by atoms with Crippen molar-refractivity contribution >= 4 is 37.7 Å². The summed E-state index contributed by atoms with van der Waals surface area (Å²) in [4.78, 5) is 0. The Morgan fingerprint density at radius 3 is 2.21 bits per heavy atom. The van der Waals surface area contributed by atoms with Crippen molar-refractivity contribution in [3.8, 4) is 22.6 Å². The van der Waals surface area contributed by atoms with Crippen molar-refractivity contribution in [3.05, 3.63) is 119 Å². The SMILES string of the molecule is Brc1cc(-c2ccc3c(c2)C2C=CC=CC2O3)cc(-n2c3ccccc3c3ccccc32)c1. The van der Waals surface area contributed by atoms with E-state index in [1.807, 2.05) is 0 Å². The molecule has 0 N–H and O–H groups in total. The maximum absolute atomic E-state index is 6.15. The van der Waals surface area contributed by atoms with Gasteiger partial charge in [0.1, 0.15) is 11.9 Å². The molecule has 33 heavy (non-hydrogen) atoms. The van der Waals surface area contributed by atoms with Crippen molar-refractivity contribution in [1.82, 2.24) is 4.57 Å². The lowest BCUT2D eigenvalue weighted by atomic mass is 9.90. The van der Waals surface area contributed by atoms with Crippen LogP contribution >= 0.6 is 15.9 Å². The average molecular weight is 490 g/mol. The largest absolute Gasteiger partial charge is 0.485 e. The van der Waals surface area contributed by atoms with E-state index in [-0.39, 0.29) is 12.0 Å². The summed E-state index contributed by atoms with van der Waals surface area (Å²) in [7, 11) is 0. The van der Waals surface area contributed by atoms with E-state index in [2.05, 4.69) is 130 Å². The topological polar surface area (TPSA) is 14.2 Å². The number of benzene rings is 4. The van der Waals surface area contributed by atoms with Crippen LogP contribution in [0.5, 0.6) is 5.75 Å². The highest BCUT2D eigenvalue weighted by molar-refractivity contribution is 9.10. The van der Waals surface area contributed by atoms with Gasteiger partial charge in [-0.25, -0.2) is 0 Å². The molecule has 1 aliphatic carbocycles. The Bertz CT molecular complexity index is 1570. The first-order valence-corrected chi connectivity index (χ1v) is 12.0. The lowest BCUT2D eigenvalue weighted by Gasteiger charge is -2.14. The Morgan fingerprint density at radius 2 is 1.42 bits per heavy atom. The van der Waals surface area contributed by atoms with Crippen molar-refractivity contribution in [2.45, 2.75) is 12.0 Å². The minimum absolute atomic E-state index is 0.107. The molecule has 0 spiro atoms. The van der Waals surface area contributed by atoms with E-state index < -0.39 is 0 Å². The summed E-state index contributed by atoms with van der Waals surface area (Å²) >= 11 is 3.78. The summed E-state index contributed by atoms with van der Waals surface area (Å²) in [5.74, 6) is 1.27. The third kappa shape index (κ3) is 2.93. The molecule has 2 heterocycles. The fourth-order valence-electron chi connectivity index (χ4n) is 5.29. The van der Waals surface area contributed by atoms with Crippen LogP contribution in [0.3, 0.4) is 0 Å². The first kappa shape index (κ1) is 19.0. The smallest absolute Gasteiger partial charge is 0.128 e. The zero-order chi connectivity index (χ0) is 21.9. The number of nitrogens with zero attached hydrogens (tertiary/aromatic N) is 1. The van der Waals surface area contributed by atoms with Gasteiger partial charge in [0.2, 0.25) is 0 Å². The Balaban J connectivity index is 1.41. The fourth-order valence-corrected chi connectivity index (χ4v) is 5.77. The molecule has 2 aliphatic rings. The molecule has 1 aliphatic heterocycles. The van der Waals surface area contributed by atoms with Crippen LogP contribution in [0.4, 0.5) is 0 Å². The van der Waals surface area contributed by atoms with Gasteiger partial charge in [0.25, 0.3) is 0 Å². The van der Waals surface area contributed by atoms with Crippen molar-refractivity contribution in [2.75, 3.05) is 0 Å². The average Bonchev–Trinajstić information content (AvgIpc) is 3.39. The lowest BCUT2D eigenvalue weighted by Crippen LogP contribution is -2.15. The van der Waals surface area contributed by atoms with E-state index in [4.69, 9.17) is 4.74 Å². The normalized spacial score (nSPS) is 18.5. The van der Waals surface area contributed by atoms with Crippen LogP contribution in [0.25, 0.3) is 38.6 Å². The number of para-hydroxylation sites is 2. The van der Waals surface area contributed by atoms with Gasteiger partial charge in [-0.05, 0) is 59.7 Å². The number of halogens is 1. The third-order valence-electron chi connectivity index (χ3n) is 6.77. The van der Waals surface area contributed by atoms with E-state index in [1.165, 1.54) is 38.5 Å². The molecule has 0 fully saturated rings. The first-order chi connectivity index (χ1) is 16.3. The highest BCUT2D eigenvalue weighted by atomic mass is 79.9. The van der Waals surface area contributed by atoms with Crippen LogP contribution in [0.15, 0.2) is 114 Å². The fraction of sp³-hybridized carbons (Fsp3) is 0.0667. The molecule has 4 aromatic carbocycles. The zero-order valence-corrected chi connectivity index (χ0v) is 19.4. The second-order valence-corrected chi connectivity index (χ2v) is 9.61. The molecule has 0 saturated carbocycles. The molecule has 158 valence electrons. The Kier molecular flexibility index (Phi) is 4.15. The van der Waals surface area contributed by atoms with Crippen LogP contribution < -0.4 is 4.74 Å². The van der Waals surface area contributed by atoms with Crippen LogP contribution in [0, 0.1) is 0 Å². The third-order valence-corrected chi connectivity index (χ3v) is 7.23. The highest BCUT2D eigenvalue weighted by Gasteiger charge is 2.32. The van der Waals surface area contributed by atoms with Crippen LogP contribution in [0.1, 0.15) is 11.5 Å². The van der Waals surface area contributed by atoms with E-state index in [0.29, 0.717) is 0 Å². The molecule has 0 radical (unpaired) electrons. The van der Waals surface area contributed by atoms with Crippen molar-refractivity contribution < 1.29 is 4.74 Å². The van der Waals surface area contributed by atoms with Crippen LogP contribution in [-0.2, 0) is 0 Å². The number of hydrogen-bond donors (Lipinski definition) is 0. The summed E-state index contributed by atoms with van der Waals surface area (Å²) in [6, 6.07) is 30.5. The van der Waals surface area contributed by atoms with Crippen molar-refractivity contribution in [3.63, 3.8) is 0 Å². The van der Waals surface area contributed by atoms with Gasteiger partial charge in [-0.2, -0.15) is 0 Å². The van der Waals surface area contributed by atoms with Gasteiger partial charge < -0.3 is 9.30 Å².